The number of rotatable bonds is 3. The molecule has 1 amide bonds. The lowest BCUT2D eigenvalue weighted by Gasteiger charge is -2.23. The number of nitrogens with two attached hydrogens (primary N) is 1. The topological polar surface area (TPSA) is 127 Å². The summed E-state index contributed by atoms with van der Waals surface area (Å²) < 4.78 is 6.02. The summed E-state index contributed by atoms with van der Waals surface area (Å²) in [6, 6.07) is 5.64. The lowest BCUT2D eigenvalue weighted by Crippen LogP contribution is -2.41. The Morgan fingerprint density at radius 2 is 2.22 bits per heavy atom. The third kappa shape index (κ3) is 2.97. The minimum absolute atomic E-state index is 0.0516. The van der Waals surface area contributed by atoms with Crippen molar-refractivity contribution < 1.29 is 14.3 Å². The second-order valence-electron chi connectivity index (χ2n) is 5.43. The number of carbonyl (C=O) groups excluding carboxylic acids is 2. The fraction of sp³-hybridized carbons (Fsp3) is 0.176. The van der Waals surface area contributed by atoms with Crippen molar-refractivity contribution in [3.63, 3.8) is 0 Å². The van der Waals surface area contributed by atoms with Crippen molar-refractivity contribution in [1.29, 1.82) is 5.26 Å². The van der Waals surface area contributed by atoms with Crippen molar-refractivity contribution in [3.05, 3.63) is 47.5 Å². The summed E-state index contributed by atoms with van der Waals surface area (Å²) in [6.45, 7) is 0. The summed E-state index contributed by atoms with van der Waals surface area (Å²) in [7, 11) is 2.66. The summed E-state index contributed by atoms with van der Waals surface area (Å²) in [5.74, 6) is -1.89. The Bertz CT molecular complexity index is 1180. The average Bonchev–Trinajstić information content (AvgIpc) is 3.29. The molecule has 3 rings (SSSR count). The van der Waals surface area contributed by atoms with Crippen LogP contribution in [0.3, 0.4) is 0 Å². The Morgan fingerprint density at radius 1 is 1.48 bits per heavy atom. The number of carbonyl (C=O) groups is 2. The molecule has 0 spiro atoms. The van der Waals surface area contributed by atoms with Crippen molar-refractivity contribution in [3.8, 4) is 6.07 Å². The molecule has 0 fully saturated rings. The fourth-order valence-electron chi connectivity index (χ4n) is 2.81. The molecule has 2 aromatic heterocycles. The number of hydrogen-bond donors (Lipinski definition) is 2. The molecule has 1 aliphatic heterocycles. The van der Waals surface area contributed by atoms with Gasteiger partial charge in [0, 0.05) is 18.0 Å². The van der Waals surface area contributed by atoms with Gasteiger partial charge in [0.15, 0.2) is 0 Å². The van der Waals surface area contributed by atoms with Gasteiger partial charge in [-0.1, -0.05) is 6.07 Å². The SMILES string of the molecule is CNC(=O)C1=c2s/c(=C\C(=O)OC)c(=O)n2C(N)=C(C#N)C1c1cccs1. The van der Waals surface area contributed by atoms with E-state index in [0.29, 0.717) is 0 Å². The Kier molecular flexibility index (Phi) is 4.98. The largest absolute Gasteiger partial charge is 0.466 e. The molecule has 0 bridgehead atoms. The lowest BCUT2D eigenvalue weighted by molar-refractivity contribution is -0.133. The molecule has 1 unspecified atom stereocenters. The third-order valence-corrected chi connectivity index (χ3v) is 6.06. The molecular weight excluding hydrogens is 388 g/mol. The predicted molar refractivity (Wildman–Crippen MR) is 102 cm³/mol. The van der Waals surface area contributed by atoms with Crippen molar-refractivity contribution in [1.82, 2.24) is 9.88 Å². The molecule has 0 radical (unpaired) electrons. The van der Waals surface area contributed by atoms with Gasteiger partial charge in [0.05, 0.1) is 30.2 Å². The standard InChI is InChI=1S/C17H14N4O4S2/c1-20-15(23)13-12(9-4-3-5-26-9)8(7-18)14(19)21-16(24)10(27-17(13)21)6-11(22)25-2/h3-6,12H,19H2,1-2H3,(H,20,23)/b10-6-. The number of hydrogen-bond acceptors (Lipinski definition) is 8. The van der Waals surface area contributed by atoms with E-state index < -0.39 is 23.4 Å². The molecule has 138 valence electrons. The predicted octanol–water partition coefficient (Wildman–Crippen LogP) is -0.730. The number of nitrogens with zero attached hydrogens (tertiary/aromatic N) is 2. The van der Waals surface area contributed by atoms with Gasteiger partial charge in [-0.2, -0.15) is 5.26 Å². The highest BCUT2D eigenvalue weighted by Crippen LogP contribution is 2.38. The Balaban J connectivity index is 2.49. The highest BCUT2D eigenvalue weighted by Gasteiger charge is 2.35. The van der Waals surface area contributed by atoms with E-state index in [0.717, 1.165) is 26.9 Å². The number of ether oxygens (including phenoxy) is 1. The van der Waals surface area contributed by atoms with Crippen LogP contribution in [0.5, 0.6) is 0 Å². The first-order valence-electron chi connectivity index (χ1n) is 7.65. The van der Waals surface area contributed by atoms with Crippen molar-refractivity contribution in [2.45, 2.75) is 5.92 Å². The van der Waals surface area contributed by atoms with Gasteiger partial charge in [-0.15, -0.1) is 22.7 Å². The second-order valence-corrected chi connectivity index (χ2v) is 7.44. The third-order valence-electron chi connectivity index (χ3n) is 4.02. The maximum atomic E-state index is 12.8. The molecule has 0 saturated carbocycles. The van der Waals surface area contributed by atoms with Crippen LogP contribution in [0.1, 0.15) is 10.8 Å². The van der Waals surface area contributed by atoms with E-state index in [4.69, 9.17) is 5.73 Å². The zero-order chi connectivity index (χ0) is 19.7. The first-order valence-corrected chi connectivity index (χ1v) is 9.35. The first kappa shape index (κ1) is 18.6. The lowest BCUT2D eigenvalue weighted by atomic mass is 9.88. The van der Waals surface area contributed by atoms with Crippen molar-refractivity contribution in [2.24, 2.45) is 5.73 Å². The Labute approximate surface area is 161 Å². The zero-order valence-corrected chi connectivity index (χ0v) is 15.9. The van der Waals surface area contributed by atoms with E-state index in [1.165, 1.54) is 25.5 Å². The molecule has 27 heavy (non-hydrogen) atoms. The van der Waals surface area contributed by atoms with Crippen LogP contribution < -0.4 is 25.8 Å². The van der Waals surface area contributed by atoms with Crippen LogP contribution in [0, 0.1) is 11.3 Å². The molecule has 1 aliphatic rings. The number of allylic oxidation sites excluding steroid dienone is 1. The molecule has 1 atom stereocenters. The maximum Gasteiger partial charge on any atom is 0.332 e. The Hall–Kier alpha value is -3.16. The van der Waals surface area contributed by atoms with Crippen molar-refractivity contribution in [2.75, 3.05) is 14.2 Å². The van der Waals surface area contributed by atoms with Crippen LogP contribution in [0.4, 0.5) is 0 Å². The zero-order valence-electron chi connectivity index (χ0n) is 14.3. The molecule has 10 heteroatoms. The maximum absolute atomic E-state index is 12.8. The average molecular weight is 402 g/mol. The smallest absolute Gasteiger partial charge is 0.332 e. The van der Waals surface area contributed by atoms with Crippen LogP contribution in [-0.4, -0.2) is 30.6 Å². The number of amides is 1. The number of fused-ring (bicyclic) bond motifs is 1. The quantitative estimate of drug-likeness (QED) is 0.652. The number of methoxy groups -OCH3 is 1. The van der Waals surface area contributed by atoms with Crippen LogP contribution in [0.25, 0.3) is 17.5 Å². The second kappa shape index (κ2) is 7.22. The van der Waals surface area contributed by atoms with Crippen LogP contribution in [-0.2, 0) is 14.3 Å². The van der Waals surface area contributed by atoms with E-state index in [1.807, 2.05) is 11.4 Å². The van der Waals surface area contributed by atoms with Gasteiger partial charge in [0.25, 0.3) is 11.5 Å². The molecule has 8 nitrogen and oxygen atoms in total. The molecular formula is C17H14N4O4S2. The van der Waals surface area contributed by atoms with Gasteiger partial charge in [0.2, 0.25) is 0 Å². The fourth-order valence-corrected chi connectivity index (χ4v) is 4.79. The van der Waals surface area contributed by atoms with Gasteiger partial charge in [-0.3, -0.25) is 14.2 Å². The normalized spacial score (nSPS) is 16.7. The van der Waals surface area contributed by atoms with Gasteiger partial charge in [0.1, 0.15) is 15.0 Å². The molecule has 0 saturated heterocycles. The van der Waals surface area contributed by atoms with E-state index >= 15 is 0 Å². The monoisotopic (exact) mass is 402 g/mol. The van der Waals surface area contributed by atoms with Gasteiger partial charge < -0.3 is 15.8 Å². The number of thiophene rings is 1. The number of aromatic nitrogens is 1. The summed E-state index contributed by atoms with van der Waals surface area (Å²) in [5.41, 5.74) is 5.89. The number of nitrogens with one attached hydrogen (secondary N) is 1. The van der Waals surface area contributed by atoms with E-state index in [9.17, 15) is 19.6 Å². The van der Waals surface area contributed by atoms with E-state index in [2.05, 4.69) is 10.1 Å². The summed E-state index contributed by atoms with van der Waals surface area (Å²) in [5, 5.41) is 14.1. The number of nitriles is 1. The molecule has 0 aromatic carbocycles. The highest BCUT2D eigenvalue weighted by atomic mass is 32.1. The van der Waals surface area contributed by atoms with Crippen LogP contribution >= 0.6 is 22.7 Å². The highest BCUT2D eigenvalue weighted by molar-refractivity contribution is 7.10. The summed E-state index contributed by atoms with van der Waals surface area (Å²) >= 11 is 2.33. The number of esters is 1. The summed E-state index contributed by atoms with van der Waals surface area (Å²) in [6.07, 6.45) is 1.04. The first-order chi connectivity index (χ1) is 12.9. The minimum atomic E-state index is -0.703. The molecule has 0 aliphatic carbocycles. The Morgan fingerprint density at radius 3 is 2.78 bits per heavy atom. The van der Waals surface area contributed by atoms with Crippen molar-refractivity contribution >= 4 is 52.0 Å². The van der Waals surface area contributed by atoms with Crippen LogP contribution in [0.15, 0.2) is 27.9 Å². The summed E-state index contributed by atoms with van der Waals surface area (Å²) in [4.78, 5) is 37.8. The molecule has 3 N–H and O–H groups in total. The molecule has 2 aromatic rings. The number of thiazole rings is 1. The van der Waals surface area contributed by atoms with Gasteiger partial charge >= 0.3 is 5.97 Å². The van der Waals surface area contributed by atoms with Crippen LogP contribution in [0.2, 0.25) is 0 Å². The minimum Gasteiger partial charge on any atom is -0.466 e. The van der Waals surface area contributed by atoms with E-state index in [1.54, 1.807) is 12.1 Å². The van der Waals surface area contributed by atoms with E-state index in [-0.39, 0.29) is 26.2 Å². The molecule has 3 heterocycles. The van der Waals surface area contributed by atoms with Gasteiger partial charge in [-0.05, 0) is 11.4 Å². The van der Waals surface area contributed by atoms with Gasteiger partial charge in [-0.25, -0.2) is 4.79 Å².